The monoisotopic (exact) mass is 257 g/mol. The third-order valence-electron chi connectivity index (χ3n) is 2.29. The van der Waals surface area contributed by atoms with E-state index in [0.717, 1.165) is 0 Å². The van der Waals surface area contributed by atoms with Gasteiger partial charge in [0.2, 0.25) is 0 Å². The van der Waals surface area contributed by atoms with Crippen LogP contribution < -0.4 is 5.32 Å². The summed E-state index contributed by atoms with van der Waals surface area (Å²) in [6, 6.07) is 4.69. The molecule has 0 aliphatic carbocycles. The Morgan fingerprint density at radius 3 is 2.88 bits per heavy atom. The lowest BCUT2D eigenvalue weighted by atomic mass is 10.1. The van der Waals surface area contributed by atoms with Gasteiger partial charge in [0, 0.05) is 19.2 Å². The van der Waals surface area contributed by atoms with E-state index >= 15 is 0 Å². The Hall–Kier alpha value is -1.26. The second-order valence-corrected chi connectivity index (χ2v) is 4.38. The molecule has 2 N–H and O–H groups in total. The first-order valence-electron chi connectivity index (χ1n) is 5.25. The van der Waals surface area contributed by atoms with Crippen LogP contribution in [0.2, 0.25) is 0 Å². The normalized spacial score (nSPS) is 12.2. The smallest absolute Gasteiger partial charge is 0.251 e. The summed E-state index contributed by atoms with van der Waals surface area (Å²) in [5, 5.41) is 11.8. The lowest BCUT2D eigenvalue weighted by Gasteiger charge is -2.10. The summed E-state index contributed by atoms with van der Waals surface area (Å²) >= 11 is 5.89. The molecule has 0 saturated heterocycles. The van der Waals surface area contributed by atoms with Crippen molar-refractivity contribution < 1.29 is 14.6 Å². The fraction of sp³-hybridized carbons (Fsp3) is 0.417. The minimum absolute atomic E-state index is 0.177. The number of ether oxygens (including phenoxy) is 1. The Bertz CT molecular complexity index is 395. The molecule has 0 spiro atoms. The van der Waals surface area contributed by atoms with Gasteiger partial charge >= 0.3 is 0 Å². The number of phenolic OH excluding ortho intramolecular Hbond substituents is 1. The zero-order valence-electron chi connectivity index (χ0n) is 9.87. The van der Waals surface area contributed by atoms with Crippen LogP contribution in [0.4, 0.5) is 0 Å². The molecule has 0 aliphatic rings. The number of hydrogen-bond acceptors (Lipinski definition) is 3. The second kappa shape index (κ2) is 6.47. The summed E-state index contributed by atoms with van der Waals surface area (Å²) in [5.74, 6) is -0.0361. The number of aromatic hydroxyl groups is 1. The van der Waals surface area contributed by atoms with Gasteiger partial charge < -0.3 is 15.2 Å². The summed E-state index contributed by atoms with van der Waals surface area (Å²) in [6.45, 7) is 2.46. The van der Waals surface area contributed by atoms with Gasteiger partial charge in [-0.3, -0.25) is 4.79 Å². The number of carbonyl (C=O) groups excluding carboxylic acids is 1. The van der Waals surface area contributed by atoms with Crippen molar-refractivity contribution >= 4 is 17.5 Å². The molecule has 0 radical (unpaired) electrons. The Morgan fingerprint density at radius 2 is 2.29 bits per heavy atom. The SMILES string of the molecule is COCC(Cl)CNC(=O)c1ccc(O)c(C)c1. The largest absolute Gasteiger partial charge is 0.508 e. The van der Waals surface area contributed by atoms with Gasteiger partial charge in [-0.1, -0.05) is 0 Å². The molecule has 4 nitrogen and oxygen atoms in total. The number of rotatable bonds is 5. The molecule has 0 bridgehead atoms. The van der Waals surface area contributed by atoms with E-state index in [0.29, 0.717) is 24.3 Å². The zero-order chi connectivity index (χ0) is 12.8. The Morgan fingerprint density at radius 1 is 1.59 bits per heavy atom. The quantitative estimate of drug-likeness (QED) is 0.789. The summed E-state index contributed by atoms with van der Waals surface area (Å²) in [6.07, 6.45) is 0. The third-order valence-corrected chi connectivity index (χ3v) is 2.57. The van der Waals surface area contributed by atoms with E-state index in [4.69, 9.17) is 16.3 Å². The van der Waals surface area contributed by atoms with Crippen LogP contribution in [0.1, 0.15) is 15.9 Å². The van der Waals surface area contributed by atoms with Gasteiger partial charge in [-0.25, -0.2) is 0 Å². The molecule has 0 aliphatic heterocycles. The molecule has 1 atom stereocenters. The van der Waals surface area contributed by atoms with Crippen molar-refractivity contribution in [2.45, 2.75) is 12.3 Å². The van der Waals surface area contributed by atoms with E-state index in [2.05, 4.69) is 5.32 Å². The van der Waals surface area contributed by atoms with Crippen molar-refractivity contribution in [1.82, 2.24) is 5.32 Å². The highest BCUT2D eigenvalue weighted by Crippen LogP contribution is 2.16. The van der Waals surface area contributed by atoms with Crippen LogP contribution in [0.3, 0.4) is 0 Å². The maximum absolute atomic E-state index is 11.7. The van der Waals surface area contributed by atoms with E-state index in [-0.39, 0.29) is 17.0 Å². The van der Waals surface area contributed by atoms with Gasteiger partial charge in [-0.05, 0) is 30.7 Å². The number of hydrogen-bond donors (Lipinski definition) is 2. The second-order valence-electron chi connectivity index (χ2n) is 3.76. The molecule has 5 heteroatoms. The van der Waals surface area contributed by atoms with Crippen LogP contribution in [0.5, 0.6) is 5.75 Å². The topological polar surface area (TPSA) is 58.6 Å². The standard InChI is InChI=1S/C12H16ClNO3/c1-8-5-9(3-4-11(8)15)12(16)14-6-10(13)7-17-2/h3-5,10,15H,6-7H2,1-2H3,(H,14,16). The molecular formula is C12H16ClNO3. The predicted octanol–water partition coefficient (Wildman–Crippen LogP) is 1.68. The number of alkyl halides is 1. The average Bonchev–Trinajstić information content (AvgIpc) is 2.30. The summed E-state index contributed by atoms with van der Waals surface area (Å²) in [7, 11) is 1.56. The maximum Gasteiger partial charge on any atom is 0.251 e. The third kappa shape index (κ3) is 4.24. The number of amides is 1. The molecule has 94 valence electrons. The van der Waals surface area contributed by atoms with Crippen LogP contribution in [0.25, 0.3) is 0 Å². The minimum Gasteiger partial charge on any atom is -0.508 e. The number of halogens is 1. The first kappa shape index (κ1) is 13.8. The summed E-state index contributed by atoms with van der Waals surface area (Å²) < 4.78 is 4.86. The first-order valence-corrected chi connectivity index (χ1v) is 5.69. The summed E-state index contributed by atoms with van der Waals surface area (Å²) in [4.78, 5) is 11.7. The lowest BCUT2D eigenvalue weighted by Crippen LogP contribution is -2.31. The fourth-order valence-electron chi connectivity index (χ4n) is 1.34. The van der Waals surface area contributed by atoms with Gasteiger partial charge in [0.25, 0.3) is 5.91 Å². The highest BCUT2D eigenvalue weighted by Gasteiger charge is 2.10. The minimum atomic E-state index is -0.248. The molecule has 1 aromatic rings. The van der Waals surface area contributed by atoms with E-state index < -0.39 is 0 Å². The Balaban J connectivity index is 2.55. The van der Waals surface area contributed by atoms with Crippen LogP contribution >= 0.6 is 11.6 Å². The summed E-state index contributed by atoms with van der Waals surface area (Å²) in [5.41, 5.74) is 1.17. The number of phenols is 1. The highest BCUT2D eigenvalue weighted by atomic mass is 35.5. The van der Waals surface area contributed by atoms with Gasteiger partial charge in [0.15, 0.2) is 0 Å². The van der Waals surface area contributed by atoms with Crippen molar-refractivity contribution in [2.75, 3.05) is 20.3 Å². The van der Waals surface area contributed by atoms with Crippen molar-refractivity contribution in [3.05, 3.63) is 29.3 Å². The van der Waals surface area contributed by atoms with E-state index in [1.54, 1.807) is 26.2 Å². The van der Waals surface area contributed by atoms with Crippen LogP contribution in [0, 0.1) is 6.92 Å². The van der Waals surface area contributed by atoms with E-state index in [9.17, 15) is 9.90 Å². The molecule has 1 aromatic carbocycles. The van der Waals surface area contributed by atoms with Crippen molar-refractivity contribution in [2.24, 2.45) is 0 Å². The van der Waals surface area contributed by atoms with Gasteiger partial charge in [-0.2, -0.15) is 0 Å². The first-order chi connectivity index (χ1) is 8.04. The molecule has 17 heavy (non-hydrogen) atoms. The molecule has 0 saturated carbocycles. The average molecular weight is 258 g/mol. The maximum atomic E-state index is 11.7. The molecule has 1 rings (SSSR count). The lowest BCUT2D eigenvalue weighted by molar-refractivity contribution is 0.0949. The Kier molecular flexibility index (Phi) is 5.25. The van der Waals surface area contributed by atoms with Crippen molar-refractivity contribution in [3.63, 3.8) is 0 Å². The number of methoxy groups -OCH3 is 1. The predicted molar refractivity (Wildman–Crippen MR) is 66.7 cm³/mol. The van der Waals surface area contributed by atoms with Crippen molar-refractivity contribution in [3.8, 4) is 5.75 Å². The van der Waals surface area contributed by atoms with Crippen molar-refractivity contribution in [1.29, 1.82) is 0 Å². The molecular weight excluding hydrogens is 242 g/mol. The molecule has 0 heterocycles. The van der Waals surface area contributed by atoms with Crippen LogP contribution in [-0.4, -0.2) is 36.7 Å². The zero-order valence-corrected chi connectivity index (χ0v) is 10.6. The highest BCUT2D eigenvalue weighted by molar-refractivity contribution is 6.21. The Labute approximate surface area is 106 Å². The van der Waals surface area contributed by atoms with Crippen LogP contribution in [0.15, 0.2) is 18.2 Å². The van der Waals surface area contributed by atoms with E-state index in [1.165, 1.54) is 6.07 Å². The molecule has 0 fully saturated rings. The van der Waals surface area contributed by atoms with E-state index in [1.807, 2.05) is 0 Å². The number of benzene rings is 1. The van der Waals surface area contributed by atoms with Gasteiger partial charge in [-0.15, -0.1) is 11.6 Å². The number of carbonyl (C=O) groups is 1. The molecule has 1 unspecified atom stereocenters. The van der Waals surface area contributed by atoms with Gasteiger partial charge in [0.05, 0.1) is 12.0 Å². The molecule has 1 amide bonds. The molecule has 0 aromatic heterocycles. The van der Waals surface area contributed by atoms with Crippen LogP contribution in [-0.2, 0) is 4.74 Å². The number of nitrogens with one attached hydrogen (secondary N) is 1. The van der Waals surface area contributed by atoms with Gasteiger partial charge in [0.1, 0.15) is 5.75 Å². The fourth-order valence-corrected chi connectivity index (χ4v) is 1.55. The number of aryl methyl sites for hydroxylation is 1.